The third-order valence-corrected chi connectivity index (χ3v) is 5.49. The maximum Gasteiger partial charge on any atom is 0.408 e. The van der Waals surface area contributed by atoms with E-state index in [9.17, 15) is 27.6 Å². The van der Waals surface area contributed by atoms with Crippen LogP contribution < -0.4 is 15.5 Å². The number of ether oxygens (including phenoxy) is 1. The highest BCUT2D eigenvalue weighted by molar-refractivity contribution is 6.01. The molecule has 0 radical (unpaired) electrons. The van der Waals surface area contributed by atoms with Crippen molar-refractivity contribution in [2.75, 3.05) is 11.4 Å². The van der Waals surface area contributed by atoms with Gasteiger partial charge in [0.05, 0.1) is 0 Å². The van der Waals surface area contributed by atoms with Crippen LogP contribution in [0.5, 0.6) is 0 Å². The number of halogens is 3. The first kappa shape index (κ1) is 27.0. The van der Waals surface area contributed by atoms with Crippen molar-refractivity contribution in [2.24, 2.45) is 0 Å². The minimum Gasteiger partial charge on any atom is -0.444 e. The number of nitrogens with one attached hydrogen (secondary N) is 2. The van der Waals surface area contributed by atoms with Gasteiger partial charge in [0.15, 0.2) is 0 Å². The molecule has 3 rings (SSSR count). The molecule has 1 aliphatic rings. The van der Waals surface area contributed by atoms with Gasteiger partial charge in [-0.25, -0.2) is 4.79 Å². The molecule has 194 valence electrons. The Morgan fingerprint density at radius 1 is 1.06 bits per heavy atom. The minimum absolute atomic E-state index is 0.0965. The number of benzene rings is 2. The normalized spacial score (nSPS) is 17.0. The van der Waals surface area contributed by atoms with E-state index in [1.54, 1.807) is 69.3 Å². The Morgan fingerprint density at radius 2 is 1.69 bits per heavy atom. The van der Waals surface area contributed by atoms with Crippen LogP contribution in [0.15, 0.2) is 54.6 Å². The number of alkyl carbamates (subject to hydrolysis) is 1. The second kappa shape index (κ2) is 11.0. The van der Waals surface area contributed by atoms with E-state index in [-0.39, 0.29) is 18.5 Å². The fraction of sp³-hybridized carbons (Fsp3) is 0.423. The summed E-state index contributed by atoms with van der Waals surface area (Å²) in [5.41, 5.74) is 0.690. The number of carbonyl (C=O) groups excluding carboxylic acids is 3. The first-order valence-electron chi connectivity index (χ1n) is 11.6. The number of fused-ring (bicyclic) bond motifs is 1. The molecule has 1 aliphatic heterocycles. The van der Waals surface area contributed by atoms with Gasteiger partial charge in [-0.1, -0.05) is 48.5 Å². The van der Waals surface area contributed by atoms with Crippen LogP contribution in [0.3, 0.4) is 0 Å². The molecule has 2 aromatic rings. The molecule has 0 bridgehead atoms. The van der Waals surface area contributed by atoms with E-state index in [0.29, 0.717) is 16.9 Å². The van der Waals surface area contributed by atoms with Gasteiger partial charge in [0, 0.05) is 12.1 Å². The zero-order chi connectivity index (χ0) is 26.5. The van der Waals surface area contributed by atoms with Gasteiger partial charge in [-0.05, 0) is 50.8 Å². The van der Waals surface area contributed by atoms with Gasteiger partial charge in [-0.2, -0.15) is 13.2 Å². The van der Waals surface area contributed by atoms with Crippen molar-refractivity contribution >= 4 is 23.6 Å². The van der Waals surface area contributed by atoms with Crippen molar-refractivity contribution in [3.8, 4) is 0 Å². The molecule has 0 aromatic heterocycles. The molecule has 2 aromatic carbocycles. The SMILES string of the molecule is CC(C)(C)OC(=O)N[C@H](Cc1ccccc1)C(=O)N[C@@H]1CCc2ccccc2N(CC(F)(F)F)C1=O. The van der Waals surface area contributed by atoms with Gasteiger partial charge in [-0.3, -0.25) is 9.59 Å². The minimum atomic E-state index is -4.63. The predicted octanol–water partition coefficient (Wildman–Crippen LogP) is 4.15. The van der Waals surface area contributed by atoms with E-state index in [4.69, 9.17) is 4.74 Å². The van der Waals surface area contributed by atoms with Gasteiger partial charge < -0.3 is 20.3 Å². The van der Waals surface area contributed by atoms with Crippen molar-refractivity contribution in [3.63, 3.8) is 0 Å². The Hall–Kier alpha value is -3.56. The maximum absolute atomic E-state index is 13.3. The monoisotopic (exact) mass is 505 g/mol. The first-order valence-corrected chi connectivity index (χ1v) is 11.6. The highest BCUT2D eigenvalue weighted by Crippen LogP contribution is 2.30. The van der Waals surface area contributed by atoms with Crippen LogP contribution in [0.4, 0.5) is 23.7 Å². The molecule has 0 saturated carbocycles. The van der Waals surface area contributed by atoms with E-state index in [0.717, 1.165) is 5.56 Å². The second-order valence-corrected chi connectivity index (χ2v) is 9.66. The Kier molecular flexibility index (Phi) is 8.27. The standard InChI is InChI=1S/C26H30F3N3O4/c1-25(2,3)36-24(35)31-20(15-17-9-5-4-6-10-17)22(33)30-19-14-13-18-11-7-8-12-21(18)32(23(19)34)16-26(27,28)29/h4-12,19-20H,13-16H2,1-3H3,(H,30,33)(H,31,35)/t19-,20-/m1/s1. The van der Waals surface area contributed by atoms with E-state index in [1.807, 2.05) is 0 Å². The molecule has 10 heteroatoms. The quantitative estimate of drug-likeness (QED) is 0.618. The molecule has 7 nitrogen and oxygen atoms in total. The summed E-state index contributed by atoms with van der Waals surface area (Å²) >= 11 is 0. The molecule has 2 N–H and O–H groups in total. The molecule has 0 spiro atoms. The van der Waals surface area contributed by atoms with Crippen molar-refractivity contribution in [1.29, 1.82) is 0 Å². The highest BCUT2D eigenvalue weighted by atomic mass is 19.4. The Labute approximate surface area is 208 Å². The maximum atomic E-state index is 13.3. The van der Waals surface area contributed by atoms with Gasteiger partial charge in [0.1, 0.15) is 24.2 Å². The summed E-state index contributed by atoms with van der Waals surface area (Å²) in [6.07, 6.45) is -4.95. The second-order valence-electron chi connectivity index (χ2n) is 9.66. The van der Waals surface area contributed by atoms with Crippen LogP contribution in [0.1, 0.15) is 38.3 Å². The Balaban J connectivity index is 1.82. The first-order chi connectivity index (χ1) is 16.8. The van der Waals surface area contributed by atoms with Crippen LogP contribution in [0.25, 0.3) is 0 Å². The Bertz CT molecular complexity index is 1080. The number of alkyl halides is 3. The van der Waals surface area contributed by atoms with Crippen molar-refractivity contribution in [2.45, 2.75) is 63.9 Å². The molecule has 3 amide bonds. The molecule has 0 unspecified atom stereocenters. The van der Waals surface area contributed by atoms with Crippen LogP contribution in [0, 0.1) is 0 Å². The molecule has 36 heavy (non-hydrogen) atoms. The number of para-hydroxylation sites is 1. The number of aryl methyl sites for hydroxylation is 1. The van der Waals surface area contributed by atoms with E-state index >= 15 is 0 Å². The van der Waals surface area contributed by atoms with E-state index < -0.39 is 48.3 Å². The van der Waals surface area contributed by atoms with Crippen LogP contribution in [0.2, 0.25) is 0 Å². The number of hydrogen-bond donors (Lipinski definition) is 2. The number of amides is 3. The van der Waals surface area contributed by atoms with Crippen molar-refractivity contribution < 1.29 is 32.3 Å². The fourth-order valence-electron chi connectivity index (χ4n) is 3.97. The number of anilines is 1. The van der Waals surface area contributed by atoms with Crippen molar-refractivity contribution in [1.82, 2.24) is 10.6 Å². The summed E-state index contributed by atoms with van der Waals surface area (Å²) in [6.45, 7) is 3.56. The third kappa shape index (κ3) is 7.73. The van der Waals surface area contributed by atoms with Crippen molar-refractivity contribution in [3.05, 3.63) is 65.7 Å². The topological polar surface area (TPSA) is 87.7 Å². The van der Waals surface area contributed by atoms with Crippen LogP contribution in [-0.4, -0.2) is 48.3 Å². The zero-order valence-electron chi connectivity index (χ0n) is 20.4. The lowest BCUT2D eigenvalue weighted by atomic mass is 10.0. The molecule has 2 atom stereocenters. The smallest absolute Gasteiger partial charge is 0.408 e. The number of rotatable bonds is 6. The third-order valence-electron chi connectivity index (χ3n) is 5.49. The molecule has 0 aliphatic carbocycles. The molecule has 0 fully saturated rings. The summed E-state index contributed by atoms with van der Waals surface area (Å²) in [6, 6.07) is 13.0. The number of carbonyl (C=O) groups is 3. The summed E-state index contributed by atoms with van der Waals surface area (Å²) < 4.78 is 45.3. The number of nitrogens with zero attached hydrogens (tertiary/aromatic N) is 1. The van der Waals surface area contributed by atoms with Crippen LogP contribution >= 0.6 is 0 Å². The largest absolute Gasteiger partial charge is 0.444 e. The highest BCUT2D eigenvalue weighted by Gasteiger charge is 2.39. The van der Waals surface area contributed by atoms with Gasteiger partial charge in [0.2, 0.25) is 11.8 Å². The number of hydrogen-bond acceptors (Lipinski definition) is 4. The molecule has 0 saturated heterocycles. The molecular formula is C26H30F3N3O4. The lowest BCUT2D eigenvalue weighted by Crippen LogP contribution is -2.56. The molecule has 1 heterocycles. The van der Waals surface area contributed by atoms with E-state index in [2.05, 4.69) is 10.6 Å². The summed E-state index contributed by atoms with van der Waals surface area (Å²) in [4.78, 5) is 39.6. The van der Waals surface area contributed by atoms with Crippen LogP contribution in [-0.2, 0) is 27.2 Å². The lowest BCUT2D eigenvalue weighted by molar-refractivity contribution is -0.135. The average Bonchev–Trinajstić information content (AvgIpc) is 2.89. The average molecular weight is 506 g/mol. The van der Waals surface area contributed by atoms with Gasteiger partial charge >= 0.3 is 12.3 Å². The van der Waals surface area contributed by atoms with Gasteiger partial charge in [-0.15, -0.1) is 0 Å². The molecular weight excluding hydrogens is 475 g/mol. The summed E-state index contributed by atoms with van der Waals surface area (Å²) in [5, 5.41) is 5.11. The fourth-order valence-corrected chi connectivity index (χ4v) is 3.97. The zero-order valence-corrected chi connectivity index (χ0v) is 20.4. The predicted molar refractivity (Wildman–Crippen MR) is 128 cm³/mol. The van der Waals surface area contributed by atoms with Gasteiger partial charge in [0.25, 0.3) is 0 Å². The summed E-state index contributed by atoms with van der Waals surface area (Å²) in [5.74, 6) is -1.55. The Morgan fingerprint density at radius 3 is 2.33 bits per heavy atom. The lowest BCUT2D eigenvalue weighted by Gasteiger charge is -2.28. The van der Waals surface area contributed by atoms with E-state index in [1.165, 1.54) is 6.07 Å². The summed E-state index contributed by atoms with van der Waals surface area (Å²) in [7, 11) is 0.